The third-order valence-corrected chi connectivity index (χ3v) is 3.72. The maximum absolute atomic E-state index is 11.2. The summed E-state index contributed by atoms with van der Waals surface area (Å²) in [6.07, 6.45) is 1.16. The summed E-state index contributed by atoms with van der Waals surface area (Å²) in [6, 6.07) is 5.75. The number of nitrogens with one attached hydrogen (secondary N) is 2. The van der Waals surface area contributed by atoms with Gasteiger partial charge in [-0.2, -0.15) is 0 Å². The second-order valence-electron chi connectivity index (χ2n) is 5.55. The lowest BCUT2D eigenvalue weighted by atomic mass is 10.1. The van der Waals surface area contributed by atoms with Gasteiger partial charge in [0.2, 0.25) is 16.8 Å². The van der Waals surface area contributed by atoms with Crippen LogP contribution in [0.25, 0.3) is 0 Å². The van der Waals surface area contributed by atoms with E-state index in [0.29, 0.717) is 13.1 Å². The van der Waals surface area contributed by atoms with Gasteiger partial charge < -0.3 is 14.8 Å². The minimum Gasteiger partial charge on any atom is -0.454 e. The highest BCUT2D eigenvalue weighted by atomic mass is 32.2. The van der Waals surface area contributed by atoms with Crippen LogP contribution >= 0.6 is 0 Å². The van der Waals surface area contributed by atoms with Gasteiger partial charge in [0.1, 0.15) is 0 Å². The first-order valence-electron chi connectivity index (χ1n) is 6.33. The van der Waals surface area contributed by atoms with E-state index in [-0.39, 0.29) is 6.79 Å². The summed E-state index contributed by atoms with van der Waals surface area (Å²) in [5.41, 5.74) is 0.522. The first kappa shape index (κ1) is 15.1. The molecular weight excluding hydrogens is 280 g/mol. The lowest BCUT2D eigenvalue weighted by molar-refractivity contribution is 0.174. The zero-order valence-corrected chi connectivity index (χ0v) is 12.7. The van der Waals surface area contributed by atoms with Crippen LogP contribution in [-0.2, 0) is 16.6 Å². The van der Waals surface area contributed by atoms with Crippen molar-refractivity contribution in [3.63, 3.8) is 0 Å². The standard InChI is InChI=1S/C13H20N2O4S/c1-13(2,15-20(3,16)17)8-14-7-10-4-5-11-12(6-10)19-9-18-11/h4-6,14-15H,7-9H2,1-3H3. The zero-order chi connectivity index (χ0) is 14.8. The number of fused-ring (bicyclic) bond motifs is 1. The van der Waals surface area contributed by atoms with Crippen molar-refractivity contribution < 1.29 is 17.9 Å². The first-order valence-corrected chi connectivity index (χ1v) is 8.22. The topological polar surface area (TPSA) is 76.7 Å². The first-order chi connectivity index (χ1) is 9.25. The molecule has 0 unspecified atom stereocenters. The summed E-state index contributed by atoms with van der Waals surface area (Å²) < 4.78 is 35.6. The van der Waals surface area contributed by atoms with Crippen molar-refractivity contribution in [3.05, 3.63) is 23.8 Å². The molecule has 0 fully saturated rings. The van der Waals surface area contributed by atoms with Gasteiger partial charge in [-0.05, 0) is 31.5 Å². The highest BCUT2D eigenvalue weighted by molar-refractivity contribution is 7.88. The molecule has 1 heterocycles. The third kappa shape index (κ3) is 4.36. The lowest BCUT2D eigenvalue weighted by Crippen LogP contribution is -2.49. The van der Waals surface area contributed by atoms with Gasteiger partial charge in [0, 0.05) is 18.6 Å². The molecular formula is C13H20N2O4S. The highest BCUT2D eigenvalue weighted by Crippen LogP contribution is 2.32. The van der Waals surface area contributed by atoms with Crippen LogP contribution in [0.1, 0.15) is 19.4 Å². The predicted octanol–water partition coefficient (Wildman–Crippen LogP) is 0.833. The van der Waals surface area contributed by atoms with Crippen LogP contribution in [0.4, 0.5) is 0 Å². The van der Waals surface area contributed by atoms with E-state index in [4.69, 9.17) is 9.47 Å². The van der Waals surface area contributed by atoms with Crippen LogP contribution in [0.3, 0.4) is 0 Å². The Balaban J connectivity index is 1.87. The van der Waals surface area contributed by atoms with Gasteiger partial charge >= 0.3 is 0 Å². The molecule has 0 bridgehead atoms. The quantitative estimate of drug-likeness (QED) is 0.814. The Hall–Kier alpha value is -1.31. The van der Waals surface area contributed by atoms with E-state index in [1.807, 2.05) is 32.0 Å². The summed E-state index contributed by atoms with van der Waals surface area (Å²) in [5, 5.41) is 3.23. The number of hydrogen-bond donors (Lipinski definition) is 2. The summed E-state index contributed by atoms with van der Waals surface area (Å²) in [6.45, 7) is 5.08. The fraction of sp³-hybridized carbons (Fsp3) is 0.538. The molecule has 112 valence electrons. The Bertz CT molecular complexity index is 584. The second-order valence-corrected chi connectivity index (χ2v) is 7.30. The van der Waals surface area contributed by atoms with Gasteiger partial charge in [-0.3, -0.25) is 0 Å². The predicted molar refractivity (Wildman–Crippen MR) is 76.3 cm³/mol. The Morgan fingerprint density at radius 2 is 1.95 bits per heavy atom. The molecule has 1 aliphatic heterocycles. The maximum Gasteiger partial charge on any atom is 0.231 e. The van der Waals surface area contributed by atoms with Crippen molar-refractivity contribution >= 4 is 10.0 Å². The minimum absolute atomic E-state index is 0.261. The average Bonchev–Trinajstić information content (AvgIpc) is 2.72. The van der Waals surface area contributed by atoms with Gasteiger partial charge in [0.25, 0.3) is 0 Å². The van der Waals surface area contributed by atoms with Gasteiger partial charge in [0.15, 0.2) is 11.5 Å². The number of benzene rings is 1. The summed E-state index contributed by atoms with van der Waals surface area (Å²) in [7, 11) is -3.21. The van der Waals surface area contributed by atoms with Crippen LogP contribution in [0.2, 0.25) is 0 Å². The molecule has 7 heteroatoms. The van der Waals surface area contributed by atoms with E-state index in [9.17, 15) is 8.42 Å². The normalized spacial score (nSPS) is 14.6. The molecule has 0 saturated carbocycles. The van der Waals surface area contributed by atoms with Crippen LogP contribution in [0.5, 0.6) is 11.5 Å². The number of ether oxygens (including phenoxy) is 2. The molecule has 1 aromatic carbocycles. The molecule has 0 radical (unpaired) electrons. The largest absolute Gasteiger partial charge is 0.454 e. The van der Waals surface area contributed by atoms with E-state index in [1.165, 1.54) is 0 Å². The highest BCUT2D eigenvalue weighted by Gasteiger charge is 2.21. The second kappa shape index (κ2) is 5.59. The van der Waals surface area contributed by atoms with Gasteiger partial charge in [-0.15, -0.1) is 0 Å². The minimum atomic E-state index is -3.21. The summed E-state index contributed by atoms with van der Waals surface area (Å²) in [4.78, 5) is 0. The summed E-state index contributed by atoms with van der Waals surface area (Å²) in [5.74, 6) is 1.51. The molecule has 1 aliphatic rings. The van der Waals surface area contributed by atoms with Crippen molar-refractivity contribution in [1.29, 1.82) is 0 Å². The lowest BCUT2D eigenvalue weighted by Gasteiger charge is -2.25. The van der Waals surface area contributed by atoms with Crippen molar-refractivity contribution in [2.24, 2.45) is 0 Å². The van der Waals surface area contributed by atoms with Crippen molar-refractivity contribution in [2.75, 3.05) is 19.6 Å². The van der Waals surface area contributed by atoms with Gasteiger partial charge in [-0.1, -0.05) is 6.07 Å². The average molecular weight is 300 g/mol. The fourth-order valence-electron chi connectivity index (χ4n) is 2.11. The van der Waals surface area contributed by atoms with Gasteiger partial charge in [-0.25, -0.2) is 13.1 Å². The van der Waals surface area contributed by atoms with Crippen LogP contribution in [0, 0.1) is 0 Å². The molecule has 6 nitrogen and oxygen atoms in total. The van der Waals surface area contributed by atoms with E-state index in [1.54, 1.807) is 0 Å². The van der Waals surface area contributed by atoms with Gasteiger partial charge in [0.05, 0.1) is 6.26 Å². The summed E-state index contributed by atoms with van der Waals surface area (Å²) >= 11 is 0. The molecule has 0 atom stereocenters. The molecule has 0 saturated heterocycles. The Morgan fingerprint density at radius 1 is 1.25 bits per heavy atom. The smallest absolute Gasteiger partial charge is 0.231 e. The molecule has 0 spiro atoms. The zero-order valence-electron chi connectivity index (χ0n) is 11.9. The van der Waals surface area contributed by atoms with E-state index in [2.05, 4.69) is 10.0 Å². The van der Waals surface area contributed by atoms with Crippen molar-refractivity contribution in [3.8, 4) is 11.5 Å². The van der Waals surface area contributed by atoms with E-state index < -0.39 is 15.6 Å². The molecule has 0 aromatic heterocycles. The van der Waals surface area contributed by atoms with Crippen LogP contribution in [-0.4, -0.2) is 33.6 Å². The van der Waals surface area contributed by atoms with Crippen LogP contribution in [0.15, 0.2) is 18.2 Å². The molecule has 20 heavy (non-hydrogen) atoms. The van der Waals surface area contributed by atoms with E-state index >= 15 is 0 Å². The van der Waals surface area contributed by atoms with E-state index in [0.717, 1.165) is 23.3 Å². The molecule has 1 aromatic rings. The number of hydrogen-bond acceptors (Lipinski definition) is 5. The number of rotatable bonds is 6. The molecule has 0 amide bonds. The SMILES string of the molecule is CC(C)(CNCc1ccc2c(c1)OCO2)NS(C)(=O)=O. The van der Waals surface area contributed by atoms with Crippen molar-refractivity contribution in [1.82, 2.24) is 10.0 Å². The van der Waals surface area contributed by atoms with Crippen molar-refractivity contribution in [2.45, 2.75) is 25.9 Å². The molecule has 2 rings (SSSR count). The molecule has 2 N–H and O–H groups in total. The number of sulfonamides is 1. The Morgan fingerprint density at radius 3 is 2.65 bits per heavy atom. The fourth-order valence-corrected chi connectivity index (χ4v) is 3.18. The monoisotopic (exact) mass is 300 g/mol. The maximum atomic E-state index is 11.2. The Labute approximate surface area is 119 Å². The molecule has 0 aliphatic carbocycles. The van der Waals surface area contributed by atoms with Crippen LogP contribution < -0.4 is 19.5 Å². The Kier molecular flexibility index (Phi) is 4.22. The third-order valence-electron chi connectivity index (χ3n) is 2.79.